The van der Waals surface area contributed by atoms with Crippen molar-refractivity contribution in [2.45, 2.75) is 11.8 Å². The number of anilines is 1. The summed E-state index contributed by atoms with van der Waals surface area (Å²) in [5.41, 5.74) is 1.75. The molecule has 0 spiro atoms. The molecule has 2 aromatic rings. The minimum atomic E-state index is -0.100. The molecule has 0 saturated heterocycles. The summed E-state index contributed by atoms with van der Waals surface area (Å²) in [6.07, 6.45) is 1.85. The van der Waals surface area contributed by atoms with Crippen molar-refractivity contribution >= 4 is 41.0 Å². The van der Waals surface area contributed by atoms with Crippen LogP contribution in [0.3, 0.4) is 0 Å². The van der Waals surface area contributed by atoms with E-state index < -0.39 is 0 Å². The lowest BCUT2D eigenvalue weighted by Crippen LogP contribution is -2.17. The van der Waals surface area contributed by atoms with Gasteiger partial charge in [-0.05, 0) is 48.9 Å². The van der Waals surface area contributed by atoms with Crippen molar-refractivity contribution in [3.05, 3.63) is 58.0 Å². The van der Waals surface area contributed by atoms with Crippen molar-refractivity contribution in [1.29, 1.82) is 0 Å². The van der Waals surface area contributed by atoms with Crippen LogP contribution in [-0.2, 0) is 4.79 Å². The Hall–Kier alpha value is -1.91. The molecule has 112 valence electrons. The fourth-order valence-electron chi connectivity index (χ4n) is 2.10. The molecule has 0 saturated carbocycles. The SMILES string of the molecule is CCOc1ccc2c(c1)SC(=Cc1ccc(Cl)cc1)C(=O)N2. The molecule has 0 radical (unpaired) electrons. The van der Waals surface area contributed by atoms with Crippen LogP contribution in [0.2, 0.25) is 5.02 Å². The predicted octanol–water partition coefficient (Wildman–Crippen LogP) is 4.82. The highest BCUT2D eigenvalue weighted by Crippen LogP contribution is 2.40. The number of amides is 1. The van der Waals surface area contributed by atoms with Crippen molar-refractivity contribution in [2.24, 2.45) is 0 Å². The lowest BCUT2D eigenvalue weighted by molar-refractivity contribution is -0.112. The Labute approximate surface area is 138 Å². The lowest BCUT2D eigenvalue weighted by Gasteiger charge is -2.19. The van der Waals surface area contributed by atoms with Gasteiger partial charge < -0.3 is 10.1 Å². The average Bonchev–Trinajstić information content (AvgIpc) is 2.51. The van der Waals surface area contributed by atoms with E-state index in [0.29, 0.717) is 16.5 Å². The molecule has 0 atom stereocenters. The highest BCUT2D eigenvalue weighted by Gasteiger charge is 2.21. The number of halogens is 1. The Morgan fingerprint density at radius 2 is 2.00 bits per heavy atom. The van der Waals surface area contributed by atoms with Crippen molar-refractivity contribution in [2.75, 3.05) is 11.9 Å². The van der Waals surface area contributed by atoms with E-state index in [1.807, 2.05) is 43.3 Å². The van der Waals surface area contributed by atoms with Crippen LogP contribution in [-0.4, -0.2) is 12.5 Å². The first-order chi connectivity index (χ1) is 10.7. The van der Waals surface area contributed by atoms with Gasteiger partial charge in [-0.25, -0.2) is 0 Å². The molecule has 1 N–H and O–H groups in total. The maximum absolute atomic E-state index is 12.2. The molecule has 3 nitrogen and oxygen atoms in total. The van der Waals surface area contributed by atoms with E-state index in [4.69, 9.17) is 16.3 Å². The molecule has 0 unspecified atom stereocenters. The topological polar surface area (TPSA) is 38.3 Å². The molecule has 0 bridgehead atoms. The summed E-state index contributed by atoms with van der Waals surface area (Å²) in [5.74, 6) is 0.701. The summed E-state index contributed by atoms with van der Waals surface area (Å²) >= 11 is 7.32. The van der Waals surface area contributed by atoms with E-state index in [0.717, 1.165) is 21.9 Å². The van der Waals surface area contributed by atoms with Gasteiger partial charge in [-0.1, -0.05) is 35.5 Å². The Bertz CT molecular complexity index is 741. The van der Waals surface area contributed by atoms with Gasteiger partial charge in [0.05, 0.1) is 17.2 Å². The maximum Gasteiger partial charge on any atom is 0.262 e. The summed E-state index contributed by atoms with van der Waals surface area (Å²) < 4.78 is 5.51. The normalized spacial score (nSPS) is 15.4. The second kappa shape index (κ2) is 6.46. The number of fused-ring (bicyclic) bond motifs is 1. The molecule has 0 fully saturated rings. The zero-order valence-corrected chi connectivity index (χ0v) is 13.5. The number of hydrogen-bond donors (Lipinski definition) is 1. The van der Waals surface area contributed by atoms with Crippen molar-refractivity contribution in [3.8, 4) is 5.75 Å². The van der Waals surface area contributed by atoms with Crippen molar-refractivity contribution in [1.82, 2.24) is 0 Å². The molecule has 0 aliphatic carbocycles. The second-order valence-corrected chi connectivity index (χ2v) is 6.23. The van der Waals surface area contributed by atoms with Crippen molar-refractivity contribution in [3.63, 3.8) is 0 Å². The van der Waals surface area contributed by atoms with Gasteiger partial charge in [-0.2, -0.15) is 0 Å². The summed E-state index contributed by atoms with van der Waals surface area (Å²) in [6, 6.07) is 13.0. The van der Waals surface area contributed by atoms with Crippen LogP contribution in [0.15, 0.2) is 52.3 Å². The van der Waals surface area contributed by atoms with Crippen LogP contribution < -0.4 is 10.1 Å². The van der Waals surface area contributed by atoms with E-state index >= 15 is 0 Å². The van der Waals surface area contributed by atoms with Crippen LogP contribution >= 0.6 is 23.4 Å². The quantitative estimate of drug-likeness (QED) is 0.819. The minimum Gasteiger partial charge on any atom is -0.494 e. The number of carbonyl (C=O) groups excluding carboxylic acids is 1. The first kappa shape index (κ1) is 15.0. The number of rotatable bonds is 3. The first-order valence-electron chi connectivity index (χ1n) is 6.89. The fraction of sp³-hybridized carbons (Fsp3) is 0.118. The van der Waals surface area contributed by atoms with Gasteiger partial charge in [0.15, 0.2) is 0 Å². The van der Waals surface area contributed by atoms with Gasteiger partial charge in [-0.3, -0.25) is 4.79 Å². The molecule has 1 heterocycles. The Balaban J connectivity index is 1.90. The van der Waals surface area contributed by atoms with E-state index in [-0.39, 0.29) is 5.91 Å². The van der Waals surface area contributed by atoms with Gasteiger partial charge in [0.2, 0.25) is 0 Å². The summed E-state index contributed by atoms with van der Waals surface area (Å²) in [7, 11) is 0. The largest absolute Gasteiger partial charge is 0.494 e. The molecule has 2 aromatic carbocycles. The zero-order chi connectivity index (χ0) is 15.5. The smallest absolute Gasteiger partial charge is 0.262 e. The van der Waals surface area contributed by atoms with E-state index in [9.17, 15) is 4.79 Å². The number of thioether (sulfide) groups is 1. The minimum absolute atomic E-state index is 0.100. The number of nitrogens with one attached hydrogen (secondary N) is 1. The average molecular weight is 332 g/mol. The van der Waals surface area contributed by atoms with Gasteiger partial charge in [-0.15, -0.1) is 0 Å². The zero-order valence-electron chi connectivity index (χ0n) is 11.9. The lowest BCUT2D eigenvalue weighted by atomic mass is 10.2. The van der Waals surface area contributed by atoms with Crippen molar-refractivity contribution < 1.29 is 9.53 Å². The molecule has 1 aliphatic heterocycles. The number of ether oxygens (including phenoxy) is 1. The van der Waals surface area contributed by atoms with Gasteiger partial charge in [0, 0.05) is 9.92 Å². The van der Waals surface area contributed by atoms with E-state index in [2.05, 4.69) is 5.32 Å². The Morgan fingerprint density at radius 1 is 1.23 bits per heavy atom. The van der Waals surface area contributed by atoms with Gasteiger partial charge >= 0.3 is 0 Å². The third-order valence-corrected chi connectivity index (χ3v) is 4.46. The molecular formula is C17H14ClNO2S. The third kappa shape index (κ3) is 3.29. The molecule has 1 aliphatic rings. The molecule has 3 rings (SSSR count). The van der Waals surface area contributed by atoms with Crippen LogP contribution in [0.5, 0.6) is 5.75 Å². The Kier molecular flexibility index (Phi) is 4.41. The predicted molar refractivity (Wildman–Crippen MR) is 91.5 cm³/mol. The second-order valence-electron chi connectivity index (χ2n) is 4.71. The monoisotopic (exact) mass is 331 g/mol. The van der Waals surface area contributed by atoms with Crippen LogP contribution in [0.25, 0.3) is 6.08 Å². The highest BCUT2D eigenvalue weighted by atomic mass is 35.5. The molecular weight excluding hydrogens is 318 g/mol. The van der Waals surface area contributed by atoms with Gasteiger partial charge in [0.25, 0.3) is 5.91 Å². The fourth-order valence-corrected chi connectivity index (χ4v) is 3.21. The molecule has 5 heteroatoms. The standard InChI is InChI=1S/C17H14ClNO2S/c1-2-21-13-7-8-14-15(10-13)22-16(17(20)19-14)9-11-3-5-12(18)6-4-11/h3-10H,2H2,1H3,(H,19,20). The number of hydrogen-bond acceptors (Lipinski definition) is 3. The molecule has 0 aromatic heterocycles. The van der Waals surface area contributed by atoms with E-state index in [1.54, 1.807) is 12.1 Å². The first-order valence-corrected chi connectivity index (χ1v) is 8.08. The number of carbonyl (C=O) groups is 1. The highest BCUT2D eigenvalue weighted by molar-refractivity contribution is 8.04. The van der Waals surface area contributed by atoms with Crippen LogP contribution in [0, 0.1) is 0 Å². The Morgan fingerprint density at radius 3 is 2.73 bits per heavy atom. The van der Waals surface area contributed by atoms with Crippen LogP contribution in [0.4, 0.5) is 5.69 Å². The van der Waals surface area contributed by atoms with Gasteiger partial charge in [0.1, 0.15) is 5.75 Å². The molecule has 22 heavy (non-hydrogen) atoms. The third-order valence-electron chi connectivity index (χ3n) is 3.12. The summed E-state index contributed by atoms with van der Waals surface area (Å²) in [4.78, 5) is 13.8. The molecule has 1 amide bonds. The summed E-state index contributed by atoms with van der Waals surface area (Å²) in [5, 5.41) is 3.58. The van der Waals surface area contributed by atoms with E-state index in [1.165, 1.54) is 11.8 Å². The van der Waals surface area contributed by atoms with Crippen LogP contribution in [0.1, 0.15) is 12.5 Å². The summed E-state index contributed by atoms with van der Waals surface area (Å²) in [6.45, 7) is 2.56. The number of benzene rings is 2. The maximum atomic E-state index is 12.2.